The molecule has 0 aliphatic heterocycles. The van der Waals surface area contributed by atoms with Gasteiger partial charge in [-0.15, -0.1) is 0 Å². The molecule has 0 unspecified atom stereocenters. The topological polar surface area (TPSA) is 27.7 Å². The van der Waals surface area contributed by atoms with Crippen LogP contribution in [0.1, 0.15) is 125 Å². The van der Waals surface area contributed by atoms with Crippen LogP contribution in [0.25, 0.3) is 0 Å². The van der Waals surface area contributed by atoms with Crippen molar-refractivity contribution in [2.75, 3.05) is 0 Å². The summed E-state index contributed by atoms with van der Waals surface area (Å²) in [5.41, 5.74) is 4.72. The molecule has 0 aromatic carbocycles. The fourth-order valence-corrected chi connectivity index (χ4v) is 35.5. The molecule has 0 saturated heterocycles. The maximum atomic E-state index is 7.54. The van der Waals surface area contributed by atoms with Gasteiger partial charge in [-0.25, -0.2) is 0 Å². The molecule has 206 valence electrons. The molecule has 0 aliphatic rings. The van der Waals surface area contributed by atoms with Crippen LogP contribution in [0, 0.1) is 0 Å². The first-order valence-corrected chi connectivity index (χ1v) is 22.1. The second-order valence-electron chi connectivity index (χ2n) is 13.6. The first kappa shape index (κ1) is 34.7. The van der Waals surface area contributed by atoms with E-state index < -0.39 is 34.5 Å². The molecule has 3 nitrogen and oxygen atoms in total. The van der Waals surface area contributed by atoms with Crippen LogP contribution in [0.3, 0.4) is 0 Å². The molecule has 0 bridgehead atoms. The van der Waals surface area contributed by atoms with E-state index in [-0.39, 0.29) is 0 Å². The molecule has 0 aliphatic carbocycles. The summed E-state index contributed by atoms with van der Waals surface area (Å²) >= 11 is 0. The largest absolute Gasteiger partial charge is 0.452 e. The van der Waals surface area contributed by atoms with E-state index in [4.69, 9.17) is 12.3 Å². The highest BCUT2D eigenvalue weighted by Gasteiger charge is 2.55. The quantitative estimate of drug-likeness (QED) is 0.190. The van der Waals surface area contributed by atoms with Crippen molar-refractivity contribution in [3.63, 3.8) is 0 Å². The van der Waals surface area contributed by atoms with Crippen molar-refractivity contribution in [1.29, 1.82) is 0 Å². The van der Waals surface area contributed by atoms with Gasteiger partial charge in [-0.2, -0.15) is 0 Å². The maximum absolute atomic E-state index is 7.54. The lowest BCUT2D eigenvalue weighted by molar-refractivity contribution is 0.259. The Kier molecular flexibility index (Phi) is 13.8. The second kappa shape index (κ2) is 13.5. The SMILES string of the molecule is CC(C)[Si](O[SiH](O[Si](C(C)C)(C(C)C)C(C)C)O[Si](C(C)C)(C(C)C)C(C)C)(C(C)C)C(C)C. The Bertz CT molecular complexity index is 440. The van der Waals surface area contributed by atoms with Gasteiger partial charge in [0.25, 0.3) is 0 Å². The molecular formula is C27H64O3Si4. The Morgan fingerprint density at radius 1 is 0.294 bits per heavy atom. The minimum atomic E-state index is -2.43. The van der Waals surface area contributed by atoms with Crippen molar-refractivity contribution >= 4 is 34.5 Å². The van der Waals surface area contributed by atoms with E-state index in [1.807, 2.05) is 0 Å². The van der Waals surface area contributed by atoms with Crippen LogP contribution in [0.15, 0.2) is 0 Å². The van der Waals surface area contributed by atoms with Gasteiger partial charge in [0.05, 0.1) is 0 Å². The maximum Gasteiger partial charge on any atom is 0.452 e. The molecule has 0 N–H and O–H groups in total. The van der Waals surface area contributed by atoms with Crippen LogP contribution in [0.2, 0.25) is 49.9 Å². The van der Waals surface area contributed by atoms with Crippen molar-refractivity contribution in [2.45, 2.75) is 174 Å². The lowest BCUT2D eigenvalue weighted by atomic mass is 10.5. The molecular weight excluding hydrogens is 485 g/mol. The fourth-order valence-electron chi connectivity index (χ4n) is 7.80. The van der Waals surface area contributed by atoms with Crippen LogP contribution >= 0.6 is 0 Å². The second-order valence-corrected chi connectivity index (χ2v) is 32.5. The predicted molar refractivity (Wildman–Crippen MR) is 164 cm³/mol. The third-order valence-corrected chi connectivity index (χ3v) is 32.5. The van der Waals surface area contributed by atoms with Crippen LogP contribution in [0.5, 0.6) is 0 Å². The summed E-state index contributed by atoms with van der Waals surface area (Å²) in [5, 5.41) is 0. The Morgan fingerprint density at radius 3 is 0.500 bits per heavy atom. The Labute approximate surface area is 220 Å². The van der Waals surface area contributed by atoms with Gasteiger partial charge in [-0.05, 0) is 49.9 Å². The van der Waals surface area contributed by atoms with Gasteiger partial charge in [-0.1, -0.05) is 125 Å². The van der Waals surface area contributed by atoms with Crippen LogP contribution in [-0.4, -0.2) is 34.5 Å². The van der Waals surface area contributed by atoms with Gasteiger partial charge in [0.1, 0.15) is 0 Å². The first-order valence-electron chi connectivity index (χ1n) is 14.3. The number of hydrogen-bond acceptors (Lipinski definition) is 3. The van der Waals surface area contributed by atoms with E-state index in [2.05, 4.69) is 125 Å². The number of hydrogen-bond donors (Lipinski definition) is 0. The molecule has 7 heteroatoms. The summed E-state index contributed by atoms with van der Waals surface area (Å²) in [4.78, 5) is 0. The molecule has 0 radical (unpaired) electrons. The highest BCUT2D eigenvalue weighted by atomic mass is 28.5. The lowest BCUT2D eigenvalue weighted by Gasteiger charge is -2.52. The molecule has 0 amide bonds. The Morgan fingerprint density at radius 2 is 0.412 bits per heavy atom. The Hall–Kier alpha value is 0.748. The predicted octanol–water partition coefficient (Wildman–Crippen LogP) is 10.3. The third kappa shape index (κ3) is 6.78. The van der Waals surface area contributed by atoms with Gasteiger partial charge in [0.15, 0.2) is 25.0 Å². The van der Waals surface area contributed by atoms with Crippen LogP contribution in [-0.2, 0) is 12.3 Å². The van der Waals surface area contributed by atoms with Crippen molar-refractivity contribution in [2.24, 2.45) is 0 Å². The summed E-state index contributed by atoms with van der Waals surface area (Å²) in [6.45, 7) is 42.9. The van der Waals surface area contributed by atoms with Crippen molar-refractivity contribution in [3.05, 3.63) is 0 Å². The smallest absolute Gasteiger partial charge is 0.418 e. The summed E-state index contributed by atoms with van der Waals surface area (Å²) in [6.07, 6.45) is 0. The van der Waals surface area contributed by atoms with Gasteiger partial charge in [0, 0.05) is 0 Å². The van der Waals surface area contributed by atoms with Gasteiger partial charge >= 0.3 is 9.53 Å². The van der Waals surface area contributed by atoms with E-state index in [9.17, 15) is 0 Å². The monoisotopic (exact) mass is 548 g/mol. The highest BCUT2D eigenvalue weighted by Crippen LogP contribution is 2.49. The van der Waals surface area contributed by atoms with E-state index in [1.165, 1.54) is 0 Å². The summed E-state index contributed by atoms with van der Waals surface area (Å²) in [6, 6.07) is 0. The Balaban J connectivity index is 7.02. The number of rotatable bonds is 15. The minimum Gasteiger partial charge on any atom is -0.418 e. The molecule has 0 rings (SSSR count). The molecule has 34 heavy (non-hydrogen) atoms. The van der Waals surface area contributed by atoms with Crippen LogP contribution < -0.4 is 0 Å². The van der Waals surface area contributed by atoms with E-state index in [0.29, 0.717) is 49.9 Å². The van der Waals surface area contributed by atoms with E-state index in [0.717, 1.165) is 0 Å². The van der Waals surface area contributed by atoms with E-state index >= 15 is 0 Å². The summed E-state index contributed by atoms with van der Waals surface area (Å²) in [5.74, 6) is 0. The lowest BCUT2D eigenvalue weighted by Crippen LogP contribution is -2.62. The molecule has 0 spiro atoms. The normalized spacial score (nSPS) is 14.8. The average Bonchev–Trinajstić information content (AvgIpc) is 2.64. The molecule has 0 fully saturated rings. The first-order chi connectivity index (χ1) is 15.3. The van der Waals surface area contributed by atoms with Gasteiger partial charge in [0.2, 0.25) is 0 Å². The zero-order chi connectivity index (χ0) is 27.4. The molecule has 0 atom stereocenters. The molecule has 0 aromatic heterocycles. The zero-order valence-corrected chi connectivity index (χ0v) is 30.7. The zero-order valence-electron chi connectivity index (χ0n) is 26.5. The van der Waals surface area contributed by atoms with Crippen molar-refractivity contribution in [3.8, 4) is 0 Å². The minimum absolute atomic E-state index is 0.524. The standard InChI is InChI=1S/C27H64O3Si4/c1-19(2)32(20(3)4,21(5)6)28-31(29-33(22(7)8,23(9)10)24(11)12)30-34(25(13)14,26(15)16)27(17)18/h19-27,31H,1-18H3. The van der Waals surface area contributed by atoms with Crippen molar-refractivity contribution in [1.82, 2.24) is 0 Å². The molecule has 0 aromatic rings. The van der Waals surface area contributed by atoms with Gasteiger partial charge in [-0.3, -0.25) is 0 Å². The average molecular weight is 549 g/mol. The molecule has 0 saturated carbocycles. The van der Waals surface area contributed by atoms with Gasteiger partial charge < -0.3 is 12.3 Å². The van der Waals surface area contributed by atoms with Crippen molar-refractivity contribution < 1.29 is 12.3 Å². The van der Waals surface area contributed by atoms with Crippen LogP contribution in [0.4, 0.5) is 0 Å². The highest BCUT2D eigenvalue weighted by molar-refractivity contribution is 6.89. The summed E-state index contributed by atoms with van der Waals surface area (Å²) < 4.78 is 22.6. The third-order valence-electron chi connectivity index (χ3n) is 9.02. The molecule has 0 heterocycles. The fraction of sp³-hybridized carbons (Fsp3) is 1.00. The van der Waals surface area contributed by atoms with E-state index in [1.54, 1.807) is 0 Å². The summed E-state index contributed by atoms with van der Waals surface area (Å²) in [7, 11) is -8.86.